The van der Waals surface area contributed by atoms with E-state index in [-0.39, 0.29) is 5.92 Å². The normalized spacial score (nSPS) is 15.3. The SMILES string of the molecule is C#CCCC(C=C)C(C)F. The van der Waals surface area contributed by atoms with Crippen LogP contribution in [0.2, 0.25) is 0 Å². The van der Waals surface area contributed by atoms with Gasteiger partial charge in [-0.1, -0.05) is 6.08 Å². The largest absolute Gasteiger partial charge is 0.247 e. The molecule has 0 bridgehead atoms. The summed E-state index contributed by atoms with van der Waals surface area (Å²) in [7, 11) is 0. The summed E-state index contributed by atoms with van der Waals surface area (Å²) in [6.07, 6.45) is 7.16. The van der Waals surface area contributed by atoms with Crippen molar-refractivity contribution in [2.75, 3.05) is 0 Å². The maximum absolute atomic E-state index is 12.5. The van der Waals surface area contributed by atoms with Gasteiger partial charge in [-0.2, -0.15) is 0 Å². The summed E-state index contributed by atoms with van der Waals surface area (Å²) in [5, 5.41) is 0. The molecule has 0 heterocycles. The van der Waals surface area contributed by atoms with Gasteiger partial charge in [-0.25, -0.2) is 4.39 Å². The third-order valence-corrected chi connectivity index (χ3v) is 1.51. The molecule has 0 aromatic rings. The van der Waals surface area contributed by atoms with Gasteiger partial charge in [-0.3, -0.25) is 0 Å². The number of hydrogen-bond acceptors (Lipinski definition) is 0. The molecule has 0 fully saturated rings. The predicted molar refractivity (Wildman–Crippen MR) is 42.3 cm³/mol. The Kier molecular flexibility index (Phi) is 4.66. The van der Waals surface area contributed by atoms with Gasteiger partial charge in [0.15, 0.2) is 0 Å². The highest BCUT2D eigenvalue weighted by Gasteiger charge is 2.10. The first kappa shape index (κ1) is 9.23. The average molecular weight is 140 g/mol. The predicted octanol–water partition coefficient (Wildman–Crippen LogP) is 2.56. The first-order valence-electron chi connectivity index (χ1n) is 3.42. The molecule has 2 unspecified atom stereocenters. The molecular weight excluding hydrogens is 127 g/mol. The van der Waals surface area contributed by atoms with Crippen molar-refractivity contribution < 1.29 is 4.39 Å². The molecule has 0 aliphatic carbocycles. The van der Waals surface area contributed by atoms with Gasteiger partial charge in [0.05, 0.1) is 0 Å². The Labute approximate surface area is 62.1 Å². The third-order valence-electron chi connectivity index (χ3n) is 1.51. The second-order valence-electron chi connectivity index (χ2n) is 2.32. The lowest BCUT2D eigenvalue weighted by molar-refractivity contribution is 0.278. The molecule has 0 saturated carbocycles. The second kappa shape index (κ2) is 5.05. The van der Waals surface area contributed by atoms with E-state index < -0.39 is 6.17 Å². The highest BCUT2D eigenvalue weighted by Crippen LogP contribution is 2.14. The highest BCUT2D eigenvalue weighted by molar-refractivity contribution is 4.89. The van der Waals surface area contributed by atoms with Gasteiger partial charge < -0.3 is 0 Å². The molecule has 0 aliphatic rings. The third kappa shape index (κ3) is 3.29. The van der Waals surface area contributed by atoms with Gasteiger partial charge in [0.25, 0.3) is 0 Å². The summed E-state index contributed by atoms with van der Waals surface area (Å²) in [5.41, 5.74) is 0. The van der Waals surface area contributed by atoms with E-state index in [0.29, 0.717) is 12.8 Å². The van der Waals surface area contributed by atoms with Crippen LogP contribution in [0.25, 0.3) is 0 Å². The van der Waals surface area contributed by atoms with Crippen LogP contribution < -0.4 is 0 Å². The monoisotopic (exact) mass is 140 g/mol. The van der Waals surface area contributed by atoms with Crippen LogP contribution in [-0.2, 0) is 0 Å². The number of alkyl halides is 1. The highest BCUT2D eigenvalue weighted by atomic mass is 19.1. The number of terminal acetylenes is 1. The maximum atomic E-state index is 12.5. The van der Waals surface area contributed by atoms with Gasteiger partial charge in [0.2, 0.25) is 0 Å². The summed E-state index contributed by atoms with van der Waals surface area (Å²) in [6.45, 7) is 5.06. The van der Waals surface area contributed by atoms with Crippen molar-refractivity contribution in [2.45, 2.75) is 25.9 Å². The zero-order valence-electron chi connectivity index (χ0n) is 6.31. The zero-order valence-corrected chi connectivity index (χ0v) is 6.31. The number of hydrogen-bond donors (Lipinski definition) is 0. The van der Waals surface area contributed by atoms with Gasteiger partial charge in [0.1, 0.15) is 6.17 Å². The van der Waals surface area contributed by atoms with Crippen LogP contribution in [-0.4, -0.2) is 6.17 Å². The number of allylic oxidation sites excluding steroid dienone is 1. The van der Waals surface area contributed by atoms with Gasteiger partial charge in [-0.05, 0) is 13.3 Å². The lowest BCUT2D eigenvalue weighted by Gasteiger charge is -2.10. The van der Waals surface area contributed by atoms with Crippen LogP contribution in [0.15, 0.2) is 12.7 Å². The van der Waals surface area contributed by atoms with E-state index in [4.69, 9.17) is 6.42 Å². The fraction of sp³-hybridized carbons (Fsp3) is 0.556. The fourth-order valence-electron chi connectivity index (χ4n) is 0.785. The topological polar surface area (TPSA) is 0 Å². The minimum Gasteiger partial charge on any atom is -0.247 e. The summed E-state index contributed by atoms with van der Waals surface area (Å²) in [5.74, 6) is 2.40. The minimum absolute atomic E-state index is 0.0731. The van der Waals surface area contributed by atoms with Gasteiger partial charge >= 0.3 is 0 Å². The van der Waals surface area contributed by atoms with E-state index >= 15 is 0 Å². The zero-order chi connectivity index (χ0) is 7.98. The molecule has 0 aromatic carbocycles. The molecule has 0 radical (unpaired) electrons. The number of rotatable bonds is 4. The molecule has 0 N–H and O–H groups in total. The summed E-state index contributed by atoms with van der Waals surface area (Å²) >= 11 is 0. The Morgan fingerprint density at radius 2 is 2.40 bits per heavy atom. The molecule has 0 aliphatic heterocycles. The first-order chi connectivity index (χ1) is 4.72. The summed E-state index contributed by atoms with van der Waals surface area (Å²) in [6, 6.07) is 0. The standard InChI is InChI=1S/C9H13F/c1-4-6-7-9(5-2)8(3)10/h1,5,8-9H,2,6-7H2,3H3. The van der Waals surface area contributed by atoms with E-state index in [0.717, 1.165) is 0 Å². The molecular formula is C9H13F. The van der Waals surface area contributed by atoms with Crippen molar-refractivity contribution in [3.05, 3.63) is 12.7 Å². The van der Waals surface area contributed by atoms with E-state index in [1.165, 1.54) is 6.92 Å². The quantitative estimate of drug-likeness (QED) is 0.416. The smallest absolute Gasteiger partial charge is 0.104 e. The summed E-state index contributed by atoms with van der Waals surface area (Å²) in [4.78, 5) is 0. The van der Waals surface area contributed by atoms with Crippen LogP contribution in [0, 0.1) is 18.3 Å². The summed E-state index contributed by atoms with van der Waals surface area (Å²) < 4.78 is 12.5. The Morgan fingerprint density at radius 1 is 1.80 bits per heavy atom. The van der Waals surface area contributed by atoms with Crippen molar-refractivity contribution in [2.24, 2.45) is 5.92 Å². The molecule has 56 valence electrons. The van der Waals surface area contributed by atoms with Crippen molar-refractivity contribution in [1.82, 2.24) is 0 Å². The first-order valence-corrected chi connectivity index (χ1v) is 3.42. The molecule has 0 nitrogen and oxygen atoms in total. The van der Waals surface area contributed by atoms with Crippen molar-refractivity contribution in [1.29, 1.82) is 0 Å². The van der Waals surface area contributed by atoms with Gasteiger partial charge in [-0.15, -0.1) is 18.9 Å². The van der Waals surface area contributed by atoms with Crippen molar-refractivity contribution >= 4 is 0 Å². The Bertz CT molecular complexity index is 130. The Morgan fingerprint density at radius 3 is 2.70 bits per heavy atom. The molecule has 0 saturated heterocycles. The van der Waals surface area contributed by atoms with E-state index in [9.17, 15) is 4.39 Å². The lowest BCUT2D eigenvalue weighted by Crippen LogP contribution is -2.08. The lowest BCUT2D eigenvalue weighted by atomic mass is 9.99. The van der Waals surface area contributed by atoms with Crippen molar-refractivity contribution in [3.63, 3.8) is 0 Å². The molecule has 10 heavy (non-hydrogen) atoms. The van der Waals surface area contributed by atoms with E-state index in [1.54, 1.807) is 6.08 Å². The fourth-order valence-corrected chi connectivity index (χ4v) is 0.785. The average Bonchev–Trinajstić information content (AvgIpc) is 1.89. The van der Waals surface area contributed by atoms with E-state index in [1.807, 2.05) is 0 Å². The second-order valence-corrected chi connectivity index (χ2v) is 2.32. The van der Waals surface area contributed by atoms with Crippen molar-refractivity contribution in [3.8, 4) is 12.3 Å². The molecule has 1 heteroatoms. The molecule has 0 aromatic heterocycles. The van der Waals surface area contributed by atoms with E-state index in [2.05, 4.69) is 12.5 Å². The molecule has 2 atom stereocenters. The number of halogens is 1. The van der Waals surface area contributed by atoms with Crippen LogP contribution in [0.1, 0.15) is 19.8 Å². The Hall–Kier alpha value is -0.770. The van der Waals surface area contributed by atoms with Crippen LogP contribution in [0.3, 0.4) is 0 Å². The van der Waals surface area contributed by atoms with Crippen LogP contribution >= 0.6 is 0 Å². The minimum atomic E-state index is -0.828. The molecule has 0 rings (SSSR count). The molecule has 0 spiro atoms. The van der Waals surface area contributed by atoms with Crippen LogP contribution in [0.4, 0.5) is 4.39 Å². The maximum Gasteiger partial charge on any atom is 0.104 e. The van der Waals surface area contributed by atoms with Crippen LogP contribution in [0.5, 0.6) is 0 Å². The van der Waals surface area contributed by atoms with Gasteiger partial charge in [0, 0.05) is 12.3 Å². The molecule has 0 amide bonds. The Balaban J connectivity index is 3.63.